The van der Waals surface area contributed by atoms with E-state index >= 15 is 0 Å². The molecule has 1 amide bonds. The van der Waals surface area contributed by atoms with Gasteiger partial charge in [0.2, 0.25) is 5.91 Å². The van der Waals surface area contributed by atoms with Gasteiger partial charge in [0.15, 0.2) is 0 Å². The number of carbonyl (C=O) groups excluding carboxylic acids is 1. The Morgan fingerprint density at radius 1 is 1.08 bits per heavy atom. The highest BCUT2D eigenvalue weighted by Gasteiger charge is 2.30. The van der Waals surface area contributed by atoms with E-state index in [1.807, 2.05) is 41.3 Å². The van der Waals surface area contributed by atoms with Gasteiger partial charge in [-0.3, -0.25) is 4.79 Å². The number of nitrogens with one attached hydrogen (secondary N) is 1. The summed E-state index contributed by atoms with van der Waals surface area (Å²) >= 11 is 0. The van der Waals surface area contributed by atoms with E-state index in [0.29, 0.717) is 6.54 Å². The van der Waals surface area contributed by atoms with Gasteiger partial charge in [0.1, 0.15) is 0 Å². The van der Waals surface area contributed by atoms with Crippen molar-refractivity contribution < 1.29 is 9.53 Å². The van der Waals surface area contributed by atoms with E-state index < -0.39 is 0 Å². The van der Waals surface area contributed by atoms with Crippen LogP contribution in [0, 0.1) is 0 Å². The fourth-order valence-electron chi connectivity index (χ4n) is 3.90. The molecule has 0 aliphatic carbocycles. The van der Waals surface area contributed by atoms with Crippen LogP contribution in [0.4, 0.5) is 17.1 Å². The fraction of sp³-hybridized carbons (Fsp3) is 0.381. The maximum atomic E-state index is 12.9. The molecule has 2 aliphatic rings. The van der Waals surface area contributed by atoms with Crippen LogP contribution in [-0.2, 0) is 16.0 Å². The molecular weight excluding hydrogens is 326 g/mol. The monoisotopic (exact) mass is 351 g/mol. The van der Waals surface area contributed by atoms with Crippen molar-refractivity contribution in [2.75, 3.05) is 48.0 Å². The number of carbonyl (C=O) groups is 1. The number of nitrogens with zero attached hydrogens (tertiary/aromatic N) is 2. The molecule has 2 aliphatic heterocycles. The molecule has 136 valence electrons. The molecule has 26 heavy (non-hydrogen) atoms. The molecule has 0 radical (unpaired) electrons. The maximum Gasteiger partial charge on any atom is 0.246 e. The summed E-state index contributed by atoms with van der Waals surface area (Å²) in [5.74, 6) is 0.110. The standard InChI is InChI=1S/C21H25N3O2/c1-16-14-17-6-2-4-8-19(17)24(16)21(25)15-22-18-7-3-5-9-20(18)23-10-12-26-13-11-23/h2-9,16,22H,10-15H2,1H3. The van der Waals surface area contributed by atoms with Crippen LogP contribution in [0.1, 0.15) is 12.5 Å². The van der Waals surface area contributed by atoms with Crippen molar-refractivity contribution in [3.8, 4) is 0 Å². The Labute approximate surface area is 154 Å². The summed E-state index contributed by atoms with van der Waals surface area (Å²) in [5.41, 5.74) is 4.44. The average Bonchev–Trinajstić information content (AvgIpc) is 3.03. The summed E-state index contributed by atoms with van der Waals surface area (Å²) in [7, 11) is 0. The largest absolute Gasteiger partial charge is 0.378 e. The highest BCUT2D eigenvalue weighted by molar-refractivity contribution is 5.99. The number of hydrogen-bond acceptors (Lipinski definition) is 4. The van der Waals surface area contributed by atoms with Crippen molar-refractivity contribution in [3.05, 3.63) is 54.1 Å². The van der Waals surface area contributed by atoms with Crippen molar-refractivity contribution in [1.82, 2.24) is 0 Å². The number of morpholine rings is 1. The third-order valence-corrected chi connectivity index (χ3v) is 5.16. The first kappa shape index (κ1) is 16.9. The summed E-state index contributed by atoms with van der Waals surface area (Å²) < 4.78 is 5.45. The Morgan fingerprint density at radius 3 is 2.58 bits per heavy atom. The molecule has 5 heteroatoms. The topological polar surface area (TPSA) is 44.8 Å². The van der Waals surface area contributed by atoms with E-state index in [2.05, 4.69) is 29.3 Å². The minimum absolute atomic E-state index is 0.110. The Kier molecular flexibility index (Phi) is 4.80. The molecule has 1 unspecified atom stereocenters. The van der Waals surface area contributed by atoms with Gasteiger partial charge in [-0.05, 0) is 37.1 Å². The predicted octanol–water partition coefficient (Wildman–Crippen LogP) is 2.91. The maximum absolute atomic E-state index is 12.9. The first-order chi connectivity index (χ1) is 12.7. The summed E-state index contributed by atoms with van der Waals surface area (Å²) in [5, 5.41) is 3.36. The summed E-state index contributed by atoms with van der Waals surface area (Å²) in [4.78, 5) is 17.1. The number of hydrogen-bond donors (Lipinski definition) is 1. The molecule has 2 heterocycles. The van der Waals surface area contributed by atoms with Crippen LogP contribution in [0.15, 0.2) is 48.5 Å². The number of amides is 1. The van der Waals surface area contributed by atoms with Gasteiger partial charge in [-0.15, -0.1) is 0 Å². The zero-order chi connectivity index (χ0) is 17.9. The van der Waals surface area contributed by atoms with E-state index in [-0.39, 0.29) is 11.9 Å². The minimum Gasteiger partial charge on any atom is -0.378 e. The second-order valence-corrected chi connectivity index (χ2v) is 6.92. The lowest BCUT2D eigenvalue weighted by Gasteiger charge is -2.31. The van der Waals surface area contributed by atoms with Crippen molar-refractivity contribution in [1.29, 1.82) is 0 Å². The Morgan fingerprint density at radius 2 is 1.77 bits per heavy atom. The third kappa shape index (κ3) is 3.27. The van der Waals surface area contributed by atoms with E-state index in [1.165, 1.54) is 5.56 Å². The average molecular weight is 351 g/mol. The number of fused-ring (bicyclic) bond motifs is 1. The normalized spacial score (nSPS) is 19.3. The van der Waals surface area contributed by atoms with E-state index in [9.17, 15) is 4.79 Å². The van der Waals surface area contributed by atoms with Gasteiger partial charge in [-0.25, -0.2) is 0 Å². The summed E-state index contributed by atoms with van der Waals surface area (Å²) in [6, 6.07) is 16.6. The van der Waals surface area contributed by atoms with Gasteiger partial charge in [-0.2, -0.15) is 0 Å². The van der Waals surface area contributed by atoms with Crippen LogP contribution >= 0.6 is 0 Å². The van der Waals surface area contributed by atoms with Crippen molar-refractivity contribution in [2.24, 2.45) is 0 Å². The van der Waals surface area contributed by atoms with E-state index in [0.717, 1.165) is 49.8 Å². The molecule has 1 N–H and O–H groups in total. The molecule has 2 aromatic carbocycles. The van der Waals surface area contributed by atoms with Crippen LogP contribution in [0.2, 0.25) is 0 Å². The van der Waals surface area contributed by atoms with Gasteiger partial charge >= 0.3 is 0 Å². The molecule has 1 fully saturated rings. The zero-order valence-electron chi connectivity index (χ0n) is 15.1. The summed E-state index contributed by atoms with van der Waals surface area (Å²) in [6.45, 7) is 5.65. The quantitative estimate of drug-likeness (QED) is 0.920. The molecule has 0 spiro atoms. The lowest BCUT2D eigenvalue weighted by molar-refractivity contribution is -0.117. The minimum atomic E-state index is 0.110. The van der Waals surface area contributed by atoms with Crippen LogP contribution in [0.25, 0.3) is 0 Å². The zero-order valence-corrected chi connectivity index (χ0v) is 15.1. The lowest BCUT2D eigenvalue weighted by atomic mass is 10.1. The van der Waals surface area contributed by atoms with E-state index in [4.69, 9.17) is 4.74 Å². The number of ether oxygens (including phenoxy) is 1. The highest BCUT2D eigenvalue weighted by Crippen LogP contribution is 2.32. The molecule has 1 atom stereocenters. The first-order valence-electron chi connectivity index (χ1n) is 9.29. The van der Waals surface area contributed by atoms with Crippen molar-refractivity contribution in [2.45, 2.75) is 19.4 Å². The van der Waals surface area contributed by atoms with Crippen LogP contribution in [-0.4, -0.2) is 44.8 Å². The number of para-hydroxylation sites is 3. The van der Waals surface area contributed by atoms with Crippen LogP contribution in [0.3, 0.4) is 0 Å². The number of benzene rings is 2. The van der Waals surface area contributed by atoms with Gasteiger partial charge in [0.25, 0.3) is 0 Å². The van der Waals surface area contributed by atoms with E-state index in [1.54, 1.807) is 0 Å². The van der Waals surface area contributed by atoms with Gasteiger partial charge < -0.3 is 19.9 Å². The molecule has 5 nitrogen and oxygen atoms in total. The molecule has 0 aromatic heterocycles. The predicted molar refractivity (Wildman–Crippen MR) is 105 cm³/mol. The van der Waals surface area contributed by atoms with Gasteiger partial charge in [-0.1, -0.05) is 30.3 Å². The van der Waals surface area contributed by atoms with Crippen LogP contribution in [0.5, 0.6) is 0 Å². The Balaban J connectivity index is 1.47. The van der Waals surface area contributed by atoms with Crippen LogP contribution < -0.4 is 15.1 Å². The Bertz CT molecular complexity index is 786. The molecule has 2 aromatic rings. The smallest absolute Gasteiger partial charge is 0.246 e. The fourth-order valence-corrected chi connectivity index (χ4v) is 3.90. The summed E-state index contributed by atoms with van der Waals surface area (Å²) in [6.07, 6.45) is 0.923. The molecule has 4 rings (SSSR count). The second-order valence-electron chi connectivity index (χ2n) is 6.92. The first-order valence-corrected chi connectivity index (χ1v) is 9.29. The molecule has 1 saturated heterocycles. The molecule has 0 bridgehead atoms. The van der Waals surface area contributed by atoms with Crippen molar-refractivity contribution >= 4 is 23.0 Å². The molecular formula is C21H25N3O2. The Hall–Kier alpha value is -2.53. The molecule has 0 saturated carbocycles. The lowest BCUT2D eigenvalue weighted by Crippen LogP contribution is -2.40. The second kappa shape index (κ2) is 7.38. The number of anilines is 3. The SMILES string of the molecule is CC1Cc2ccccc2N1C(=O)CNc1ccccc1N1CCOCC1. The van der Waals surface area contributed by atoms with Gasteiger partial charge in [0.05, 0.1) is 31.1 Å². The van der Waals surface area contributed by atoms with Crippen molar-refractivity contribution in [3.63, 3.8) is 0 Å². The number of rotatable bonds is 4. The third-order valence-electron chi connectivity index (χ3n) is 5.16. The van der Waals surface area contributed by atoms with Gasteiger partial charge in [0, 0.05) is 24.8 Å². The highest BCUT2D eigenvalue weighted by atomic mass is 16.5.